The Balaban J connectivity index is 2.94. The molecule has 0 saturated carbocycles. The Hall–Kier alpha value is -1.23. The van der Waals surface area contributed by atoms with Gasteiger partial charge in [-0.3, -0.25) is 0 Å². The summed E-state index contributed by atoms with van der Waals surface area (Å²) in [5.74, 6) is 0.250. The van der Waals surface area contributed by atoms with Crippen LogP contribution in [0.25, 0.3) is 0 Å². The molecular weight excluding hydrogens is 227 g/mol. The number of halogens is 1. The first-order chi connectivity index (χ1) is 7.70. The summed E-state index contributed by atoms with van der Waals surface area (Å²) in [6, 6.07) is 4.70. The van der Waals surface area contributed by atoms with Gasteiger partial charge in [0.25, 0.3) is 0 Å². The molecule has 0 aliphatic heterocycles. The maximum absolute atomic E-state index is 13.5. The lowest BCUT2D eigenvalue weighted by molar-refractivity contribution is 0.318. The molecule has 0 aliphatic rings. The molecule has 3 nitrogen and oxygen atoms in total. The van der Waals surface area contributed by atoms with E-state index < -0.39 is 5.82 Å². The number of thioether (sulfide) groups is 1. The van der Waals surface area contributed by atoms with Gasteiger partial charge in [-0.25, -0.2) is 4.39 Å². The zero-order valence-corrected chi connectivity index (χ0v) is 9.93. The van der Waals surface area contributed by atoms with Crippen molar-refractivity contribution in [3.05, 3.63) is 29.6 Å². The topological polar surface area (TPSA) is 58.6 Å². The van der Waals surface area contributed by atoms with Crippen molar-refractivity contribution in [3.8, 4) is 0 Å². The number of benzene rings is 1. The summed E-state index contributed by atoms with van der Waals surface area (Å²) in [6.45, 7) is 2.09. The van der Waals surface area contributed by atoms with Gasteiger partial charge in [0, 0.05) is 4.90 Å². The molecule has 0 fully saturated rings. The number of nitrogens with two attached hydrogens (primary N) is 1. The van der Waals surface area contributed by atoms with Crippen LogP contribution < -0.4 is 5.73 Å². The Kier molecular flexibility index (Phi) is 5.11. The van der Waals surface area contributed by atoms with Crippen LogP contribution in [0.5, 0.6) is 0 Å². The van der Waals surface area contributed by atoms with Crippen LogP contribution in [-0.2, 0) is 0 Å². The van der Waals surface area contributed by atoms with Gasteiger partial charge >= 0.3 is 0 Å². The monoisotopic (exact) mass is 242 g/mol. The summed E-state index contributed by atoms with van der Waals surface area (Å²) in [5.41, 5.74) is 5.63. The molecule has 0 atom stereocenters. The number of oxime groups is 1. The first-order valence-electron chi connectivity index (χ1n) is 5.10. The van der Waals surface area contributed by atoms with Crippen LogP contribution >= 0.6 is 11.8 Å². The first-order valence-corrected chi connectivity index (χ1v) is 6.08. The zero-order valence-electron chi connectivity index (χ0n) is 9.11. The quantitative estimate of drug-likeness (QED) is 0.208. The molecule has 88 valence electrons. The standard InChI is InChI=1S/C11H15FN2OS/c1-2-3-7-16-9-6-4-5-8(12)10(9)11(13)14-15/h4-6,15H,2-3,7H2,1H3,(H2,13,14). The number of nitrogens with zero attached hydrogens (tertiary/aromatic N) is 1. The SMILES string of the molecule is CCCCSc1cccc(F)c1C(N)=NO. The lowest BCUT2D eigenvalue weighted by Gasteiger charge is -2.08. The number of hydrogen-bond acceptors (Lipinski definition) is 3. The van der Waals surface area contributed by atoms with Crippen LogP contribution in [0.15, 0.2) is 28.3 Å². The van der Waals surface area contributed by atoms with E-state index in [2.05, 4.69) is 12.1 Å². The van der Waals surface area contributed by atoms with Crippen molar-refractivity contribution < 1.29 is 9.60 Å². The molecule has 1 aromatic carbocycles. The van der Waals surface area contributed by atoms with Gasteiger partial charge in [0.05, 0.1) is 5.56 Å². The highest BCUT2D eigenvalue weighted by atomic mass is 32.2. The van der Waals surface area contributed by atoms with E-state index in [9.17, 15) is 4.39 Å². The van der Waals surface area contributed by atoms with Crippen LogP contribution in [0.4, 0.5) is 4.39 Å². The molecule has 0 unspecified atom stereocenters. The fourth-order valence-electron chi connectivity index (χ4n) is 1.25. The first kappa shape index (κ1) is 12.8. The Morgan fingerprint density at radius 1 is 1.56 bits per heavy atom. The normalized spacial score (nSPS) is 11.8. The fraction of sp³-hybridized carbons (Fsp3) is 0.364. The average molecular weight is 242 g/mol. The minimum atomic E-state index is -0.461. The van der Waals surface area contributed by atoms with Gasteiger partial charge in [0.15, 0.2) is 5.84 Å². The van der Waals surface area contributed by atoms with Gasteiger partial charge in [-0.15, -0.1) is 11.8 Å². The van der Waals surface area contributed by atoms with Gasteiger partial charge < -0.3 is 10.9 Å². The van der Waals surface area contributed by atoms with Crippen LogP contribution in [-0.4, -0.2) is 16.8 Å². The van der Waals surface area contributed by atoms with Crippen molar-refractivity contribution in [1.82, 2.24) is 0 Å². The highest BCUT2D eigenvalue weighted by Gasteiger charge is 2.12. The lowest BCUT2D eigenvalue weighted by Crippen LogP contribution is -2.16. The molecule has 0 aliphatic carbocycles. The Morgan fingerprint density at radius 3 is 2.94 bits per heavy atom. The second kappa shape index (κ2) is 6.37. The predicted octanol–water partition coefficient (Wildman–Crippen LogP) is 2.81. The number of amidine groups is 1. The second-order valence-electron chi connectivity index (χ2n) is 3.30. The van der Waals surface area contributed by atoms with Crippen molar-refractivity contribution in [3.63, 3.8) is 0 Å². The summed E-state index contributed by atoms with van der Waals surface area (Å²) in [5, 5.41) is 11.4. The third-order valence-corrected chi connectivity index (χ3v) is 3.24. The van der Waals surface area contributed by atoms with Gasteiger partial charge in [-0.2, -0.15) is 0 Å². The van der Waals surface area contributed by atoms with E-state index in [1.54, 1.807) is 12.1 Å². The minimum Gasteiger partial charge on any atom is -0.409 e. The second-order valence-corrected chi connectivity index (χ2v) is 4.44. The van der Waals surface area contributed by atoms with Gasteiger partial charge in [0.2, 0.25) is 0 Å². The smallest absolute Gasteiger partial charge is 0.174 e. The minimum absolute atomic E-state index is 0.183. The maximum Gasteiger partial charge on any atom is 0.174 e. The summed E-state index contributed by atoms with van der Waals surface area (Å²) in [4.78, 5) is 0.712. The predicted molar refractivity (Wildman–Crippen MR) is 64.5 cm³/mol. The lowest BCUT2D eigenvalue weighted by atomic mass is 10.2. The fourth-order valence-corrected chi connectivity index (χ4v) is 2.42. The van der Waals surface area contributed by atoms with E-state index in [4.69, 9.17) is 10.9 Å². The van der Waals surface area contributed by atoms with Crippen LogP contribution in [0.3, 0.4) is 0 Å². The van der Waals surface area contributed by atoms with E-state index in [1.807, 2.05) is 0 Å². The molecule has 1 aromatic rings. The highest BCUT2D eigenvalue weighted by molar-refractivity contribution is 7.99. The van der Waals surface area contributed by atoms with E-state index in [0.29, 0.717) is 4.90 Å². The van der Waals surface area contributed by atoms with Gasteiger partial charge in [-0.1, -0.05) is 24.6 Å². The van der Waals surface area contributed by atoms with Crippen LogP contribution in [0, 0.1) is 5.82 Å². The van der Waals surface area contributed by atoms with Crippen LogP contribution in [0.1, 0.15) is 25.3 Å². The van der Waals surface area contributed by atoms with E-state index in [1.165, 1.54) is 17.8 Å². The molecule has 0 aromatic heterocycles. The molecule has 0 bridgehead atoms. The van der Waals surface area contributed by atoms with Crippen LogP contribution in [0.2, 0.25) is 0 Å². The number of hydrogen-bond donors (Lipinski definition) is 2. The molecule has 1 rings (SSSR count). The molecule has 0 amide bonds. The molecule has 0 radical (unpaired) electrons. The molecule has 3 N–H and O–H groups in total. The van der Waals surface area contributed by atoms with Crippen molar-refractivity contribution in [2.24, 2.45) is 10.9 Å². The molecule has 0 heterocycles. The van der Waals surface area contributed by atoms with Gasteiger partial charge in [-0.05, 0) is 24.3 Å². The third-order valence-electron chi connectivity index (χ3n) is 2.09. The van der Waals surface area contributed by atoms with E-state index >= 15 is 0 Å². The number of rotatable bonds is 5. The van der Waals surface area contributed by atoms with E-state index in [0.717, 1.165) is 18.6 Å². The summed E-state index contributed by atoms with van der Waals surface area (Å²) in [7, 11) is 0. The molecular formula is C11H15FN2OS. The molecule has 0 saturated heterocycles. The Bertz CT molecular complexity index is 382. The van der Waals surface area contributed by atoms with Crippen molar-refractivity contribution in [2.75, 3.05) is 5.75 Å². The maximum atomic E-state index is 13.5. The molecule has 16 heavy (non-hydrogen) atoms. The summed E-state index contributed by atoms with van der Waals surface area (Å²) >= 11 is 1.52. The zero-order chi connectivity index (χ0) is 12.0. The van der Waals surface area contributed by atoms with Gasteiger partial charge in [0.1, 0.15) is 5.82 Å². The van der Waals surface area contributed by atoms with Crippen molar-refractivity contribution >= 4 is 17.6 Å². The van der Waals surface area contributed by atoms with E-state index in [-0.39, 0.29) is 11.4 Å². The number of unbranched alkanes of at least 4 members (excludes halogenated alkanes) is 1. The summed E-state index contributed by atoms with van der Waals surface area (Å²) < 4.78 is 13.5. The van der Waals surface area contributed by atoms with Crippen molar-refractivity contribution in [1.29, 1.82) is 0 Å². The molecule has 0 spiro atoms. The third kappa shape index (κ3) is 3.13. The Morgan fingerprint density at radius 2 is 2.31 bits per heavy atom. The largest absolute Gasteiger partial charge is 0.409 e. The van der Waals surface area contributed by atoms with Crippen molar-refractivity contribution in [2.45, 2.75) is 24.7 Å². The Labute approximate surface area is 98.5 Å². The molecule has 5 heteroatoms. The average Bonchev–Trinajstić information content (AvgIpc) is 2.29. The highest BCUT2D eigenvalue weighted by Crippen LogP contribution is 2.25. The summed E-state index contributed by atoms with van der Waals surface area (Å²) in [6.07, 6.45) is 2.14.